The number of aliphatic hydroxyl groups is 1. The van der Waals surface area contributed by atoms with Gasteiger partial charge in [-0.2, -0.15) is 0 Å². The predicted molar refractivity (Wildman–Crippen MR) is 85.3 cm³/mol. The monoisotopic (exact) mass is 566 g/mol. The van der Waals surface area contributed by atoms with Gasteiger partial charge >= 0.3 is 21.1 Å². The van der Waals surface area contributed by atoms with E-state index in [1.807, 2.05) is 6.92 Å². The Balaban J connectivity index is -0.000000305. The van der Waals surface area contributed by atoms with E-state index in [4.69, 9.17) is 35.8 Å². The number of aliphatic carboxylic acids is 1. The van der Waals surface area contributed by atoms with Crippen LogP contribution in [0.25, 0.3) is 0 Å². The number of hydrogen-bond acceptors (Lipinski definition) is 8. The second kappa shape index (κ2) is 15.2. The van der Waals surface area contributed by atoms with E-state index in [1.165, 1.54) is 19.8 Å². The van der Waals surface area contributed by atoms with Gasteiger partial charge in [-0.3, -0.25) is 4.57 Å². The number of carboxylic acid groups (broad SMARTS) is 1. The fourth-order valence-electron chi connectivity index (χ4n) is 1.80. The summed E-state index contributed by atoms with van der Waals surface area (Å²) in [5, 5.41) is 22.3. The first kappa shape index (κ1) is 29.9. The summed E-state index contributed by atoms with van der Waals surface area (Å²) in [7, 11) is -4.89. The summed E-state index contributed by atoms with van der Waals surface area (Å²) in [6.45, 7) is 4.40. The molecule has 0 aromatic heterocycles. The van der Waals surface area contributed by atoms with Crippen LogP contribution in [0.3, 0.4) is 0 Å². The van der Waals surface area contributed by atoms with E-state index in [2.05, 4.69) is 5.32 Å². The third-order valence-corrected chi connectivity index (χ3v) is 3.35. The van der Waals surface area contributed by atoms with Crippen molar-refractivity contribution in [1.29, 1.82) is 0 Å². The van der Waals surface area contributed by atoms with Gasteiger partial charge in [0.05, 0.1) is 5.97 Å². The molecule has 0 aliphatic heterocycles. The molecule has 0 bridgehead atoms. The summed E-state index contributed by atoms with van der Waals surface area (Å²) in [5.74, 6) is -1.42. The molecule has 0 saturated heterocycles. The zero-order valence-corrected chi connectivity index (χ0v) is 17.7. The van der Waals surface area contributed by atoms with Crippen molar-refractivity contribution in [3.05, 3.63) is 0 Å². The zero-order chi connectivity index (χ0) is 19.4. The Kier molecular flexibility index (Phi) is 18.1. The topological polar surface area (TPSA) is 205 Å². The summed E-state index contributed by atoms with van der Waals surface area (Å²) in [6, 6.07) is 0.562. The molecule has 1 fully saturated rings. The molecule has 154 valence electrons. The molecule has 0 aromatic carbocycles. The average Bonchev–Trinajstić information content (AvgIpc) is 2.41. The van der Waals surface area contributed by atoms with E-state index < -0.39 is 19.4 Å². The summed E-state index contributed by atoms with van der Waals surface area (Å²) in [4.78, 5) is 33.1. The van der Waals surface area contributed by atoms with Crippen LogP contribution >= 0.6 is 7.82 Å². The van der Waals surface area contributed by atoms with Gasteiger partial charge in [0.2, 0.25) is 0 Å². The molecule has 1 rings (SSSR count). The van der Waals surface area contributed by atoms with E-state index in [9.17, 15) is 9.90 Å². The van der Waals surface area contributed by atoms with Crippen molar-refractivity contribution < 1.29 is 55.3 Å². The van der Waals surface area contributed by atoms with Crippen molar-refractivity contribution >= 4 is 13.8 Å². The van der Waals surface area contributed by atoms with Gasteiger partial charge < -0.3 is 46.5 Å². The summed E-state index contributed by atoms with van der Waals surface area (Å²) < 4.78 is 8.77. The van der Waals surface area contributed by atoms with E-state index in [-0.39, 0.29) is 39.6 Å². The molecule has 1 aliphatic carbocycles. The first-order valence-corrected chi connectivity index (χ1v) is 9.26. The number of nitrogens with one attached hydrogen (secondary N) is 1. The van der Waals surface area contributed by atoms with Crippen molar-refractivity contribution in [3.8, 4) is 0 Å². The predicted octanol–water partition coefficient (Wildman–Crippen LogP) is -2.86. The van der Waals surface area contributed by atoms with Crippen molar-refractivity contribution in [1.82, 2.24) is 5.32 Å². The molecule has 1 saturated carbocycles. The number of carboxylic acids is 1. The maximum absolute atomic E-state index is 10.2. The van der Waals surface area contributed by atoms with Crippen LogP contribution in [-0.4, -0.2) is 51.6 Å². The van der Waals surface area contributed by atoms with Crippen LogP contribution in [0.1, 0.15) is 46.0 Å². The van der Waals surface area contributed by atoms with Crippen molar-refractivity contribution in [3.63, 3.8) is 0 Å². The number of nitrogens with two attached hydrogens (primary N) is 2. The molecule has 0 amide bonds. The molecule has 10 nitrogen and oxygen atoms in total. The van der Waals surface area contributed by atoms with E-state index in [0.29, 0.717) is 6.54 Å². The van der Waals surface area contributed by atoms with Crippen molar-refractivity contribution in [2.24, 2.45) is 11.5 Å². The van der Waals surface area contributed by atoms with Crippen LogP contribution in [0.15, 0.2) is 0 Å². The van der Waals surface area contributed by atoms with Gasteiger partial charge in [0.1, 0.15) is 5.60 Å². The number of carbonyl (C=O) groups is 1. The molecule has 0 heterocycles. The van der Waals surface area contributed by atoms with Gasteiger partial charge in [0, 0.05) is 12.1 Å². The van der Waals surface area contributed by atoms with E-state index in [1.54, 1.807) is 0 Å². The molecule has 8 N–H and O–H groups in total. The number of phosphoric acid groups is 1. The smallest absolute Gasteiger partial charge is 0.756 e. The van der Waals surface area contributed by atoms with Crippen molar-refractivity contribution in [2.45, 2.75) is 63.6 Å². The van der Waals surface area contributed by atoms with Gasteiger partial charge in [0.15, 0.2) is 0 Å². The molecule has 3 unspecified atom stereocenters. The molecular formula is C13H30N3O7PPt. The van der Waals surface area contributed by atoms with Gasteiger partial charge in [-0.25, -0.2) is 0 Å². The standard InChI is InChI=1S/C7H15NO3.C6H14N2.H3O4P.Pt/c1-3-8-5-4-7(2,11)6(9)10;7-5-3-1-2-4-6(5)8;1-5(2,3)4;/h8,11H,3-5H2,1-2H3,(H,9,10);5-6H,1-4,7-8H2;(H3,1,2,3,4);/q;;;+2/p-2. The van der Waals surface area contributed by atoms with E-state index >= 15 is 0 Å². The molecule has 0 radical (unpaired) electrons. The maximum atomic E-state index is 10.2. The Morgan fingerprint density at radius 3 is 1.88 bits per heavy atom. The number of carbonyl (C=O) groups excluding carboxylic acids is 1. The first-order valence-electron chi connectivity index (χ1n) is 7.73. The molecule has 0 spiro atoms. The second-order valence-electron chi connectivity index (χ2n) is 5.77. The minimum Gasteiger partial charge on any atom is -0.756 e. The third-order valence-electron chi connectivity index (χ3n) is 3.35. The maximum Gasteiger partial charge on any atom is 2.00 e. The third kappa shape index (κ3) is 22.1. The molecular weight excluding hydrogens is 536 g/mol. The molecule has 1 aliphatic rings. The fourth-order valence-corrected chi connectivity index (χ4v) is 1.80. The van der Waals surface area contributed by atoms with Crippen molar-refractivity contribution in [2.75, 3.05) is 13.1 Å². The summed E-state index contributed by atoms with van der Waals surface area (Å²) in [6.07, 6.45) is 4.97. The van der Waals surface area contributed by atoms with Gasteiger partial charge in [-0.1, -0.05) is 19.8 Å². The normalized spacial score (nSPS) is 22.1. The Bertz CT molecular complexity index is 378. The SMILES string of the molecule is CCNCCC(C)(O)C(=O)[O-].NC1CCCCC1N.O=P([O-])(O)O.[Pt+2]. The Morgan fingerprint density at radius 2 is 1.64 bits per heavy atom. The van der Waals surface area contributed by atoms with Crippen LogP contribution in [-0.2, 0) is 30.4 Å². The molecule has 3 atom stereocenters. The van der Waals surface area contributed by atoms with Gasteiger partial charge in [0.25, 0.3) is 7.82 Å². The Morgan fingerprint density at radius 1 is 1.28 bits per heavy atom. The minimum atomic E-state index is -4.89. The Hall–Kier alpha value is 0.108. The van der Waals surface area contributed by atoms with Crippen LogP contribution in [0.4, 0.5) is 0 Å². The average molecular weight is 566 g/mol. The zero-order valence-electron chi connectivity index (χ0n) is 14.5. The first-order chi connectivity index (χ1) is 10.8. The van der Waals surface area contributed by atoms with E-state index in [0.717, 1.165) is 19.4 Å². The molecule has 12 heteroatoms. The van der Waals surface area contributed by atoms with Gasteiger partial charge in [-0.05, 0) is 39.3 Å². The quantitative estimate of drug-likeness (QED) is 0.148. The summed E-state index contributed by atoms with van der Waals surface area (Å²) >= 11 is 0. The van der Waals surface area contributed by atoms with Crippen LogP contribution in [0.2, 0.25) is 0 Å². The molecule has 0 aromatic rings. The number of hydrogen-bond donors (Lipinski definition) is 6. The largest absolute Gasteiger partial charge is 2.00 e. The molecule has 25 heavy (non-hydrogen) atoms. The van der Waals surface area contributed by atoms with Crippen LogP contribution in [0, 0.1) is 0 Å². The van der Waals surface area contributed by atoms with Gasteiger partial charge in [-0.15, -0.1) is 0 Å². The summed E-state index contributed by atoms with van der Waals surface area (Å²) in [5.41, 5.74) is 9.60. The fraction of sp³-hybridized carbons (Fsp3) is 0.923. The number of rotatable bonds is 5. The minimum absolute atomic E-state index is 0. The Labute approximate surface area is 162 Å². The second-order valence-corrected chi connectivity index (χ2v) is 6.75. The van der Waals surface area contributed by atoms with Crippen LogP contribution < -0.4 is 26.8 Å². The van der Waals surface area contributed by atoms with Crippen LogP contribution in [0.5, 0.6) is 0 Å².